The molecule has 0 radical (unpaired) electrons. The van der Waals surface area contributed by atoms with Crippen LogP contribution >= 0.6 is 0 Å². The molecular weight excluding hydrogens is 203 g/mol. The Morgan fingerprint density at radius 1 is 1.12 bits per heavy atom. The van der Waals surface area contributed by atoms with E-state index in [-0.39, 0.29) is 5.82 Å². The van der Waals surface area contributed by atoms with E-state index in [1.54, 1.807) is 18.3 Å². The Bertz CT molecular complexity index is 643. The van der Waals surface area contributed by atoms with Gasteiger partial charge in [-0.3, -0.25) is 0 Å². The molecule has 2 nitrogen and oxygen atoms in total. The molecule has 3 heteroatoms. The van der Waals surface area contributed by atoms with Crippen LogP contribution in [0.5, 0.6) is 0 Å². The Morgan fingerprint density at radius 2 is 2.00 bits per heavy atom. The first-order valence-electron chi connectivity index (χ1n) is 5.02. The lowest BCUT2D eigenvalue weighted by atomic mass is 10.1. The van der Waals surface area contributed by atoms with E-state index in [0.717, 1.165) is 16.6 Å². The second-order valence-corrected chi connectivity index (χ2v) is 3.62. The maximum absolute atomic E-state index is 13.6. The average Bonchev–Trinajstić information content (AvgIpc) is 2.76. The fourth-order valence-corrected chi connectivity index (χ4v) is 1.78. The molecule has 1 aromatic carbocycles. The van der Waals surface area contributed by atoms with Gasteiger partial charge in [0.2, 0.25) is 0 Å². The normalized spacial score (nSPS) is 10.8. The summed E-state index contributed by atoms with van der Waals surface area (Å²) in [4.78, 5) is 7.24. The highest BCUT2D eigenvalue weighted by atomic mass is 19.1. The largest absolute Gasteiger partial charge is 0.346 e. The van der Waals surface area contributed by atoms with Gasteiger partial charge in [0.25, 0.3) is 0 Å². The molecule has 16 heavy (non-hydrogen) atoms. The van der Waals surface area contributed by atoms with Gasteiger partial charge in [0.15, 0.2) is 0 Å². The summed E-state index contributed by atoms with van der Waals surface area (Å²) in [5.74, 6) is -0.223. The fourth-order valence-electron chi connectivity index (χ4n) is 1.78. The monoisotopic (exact) mass is 212 g/mol. The second kappa shape index (κ2) is 3.45. The summed E-state index contributed by atoms with van der Waals surface area (Å²) < 4.78 is 13.6. The Kier molecular flexibility index (Phi) is 1.96. The highest BCUT2D eigenvalue weighted by molar-refractivity contribution is 5.81. The Labute approximate surface area is 91.8 Å². The van der Waals surface area contributed by atoms with Gasteiger partial charge < -0.3 is 4.98 Å². The highest BCUT2D eigenvalue weighted by Crippen LogP contribution is 2.24. The number of hydrogen-bond acceptors (Lipinski definition) is 1. The lowest BCUT2D eigenvalue weighted by Gasteiger charge is -2.02. The number of hydrogen-bond donors (Lipinski definition) is 1. The highest BCUT2D eigenvalue weighted by Gasteiger charge is 2.05. The molecule has 2 heterocycles. The van der Waals surface area contributed by atoms with Crippen LogP contribution in [0.4, 0.5) is 4.39 Å². The molecule has 0 amide bonds. The molecule has 0 saturated heterocycles. The predicted octanol–water partition coefficient (Wildman–Crippen LogP) is 3.37. The topological polar surface area (TPSA) is 28.7 Å². The van der Waals surface area contributed by atoms with Crippen molar-refractivity contribution in [2.24, 2.45) is 0 Å². The molecule has 2 aromatic heterocycles. The van der Waals surface area contributed by atoms with Crippen LogP contribution in [-0.4, -0.2) is 9.97 Å². The lowest BCUT2D eigenvalue weighted by molar-refractivity contribution is 0.631. The lowest BCUT2D eigenvalue weighted by Crippen LogP contribution is -1.85. The van der Waals surface area contributed by atoms with Crippen molar-refractivity contribution < 1.29 is 4.39 Å². The summed E-state index contributed by atoms with van der Waals surface area (Å²) in [6, 6.07) is 10.6. The first-order valence-corrected chi connectivity index (χ1v) is 5.02. The van der Waals surface area contributed by atoms with Crippen LogP contribution in [0.15, 0.2) is 48.8 Å². The number of fused-ring (bicyclic) bond motifs is 1. The van der Waals surface area contributed by atoms with Crippen LogP contribution in [0.1, 0.15) is 0 Å². The molecule has 78 valence electrons. The molecule has 0 spiro atoms. The molecule has 0 aliphatic carbocycles. The summed E-state index contributed by atoms with van der Waals surface area (Å²) in [6.07, 6.45) is 3.50. The van der Waals surface area contributed by atoms with E-state index in [1.807, 2.05) is 24.4 Å². The molecule has 0 unspecified atom stereocenters. The molecule has 0 atom stereocenters. The van der Waals surface area contributed by atoms with Crippen LogP contribution in [0.25, 0.3) is 22.2 Å². The number of aromatic amines is 1. The molecule has 0 bridgehead atoms. The van der Waals surface area contributed by atoms with Gasteiger partial charge in [-0.15, -0.1) is 0 Å². The van der Waals surface area contributed by atoms with Crippen LogP contribution in [0.2, 0.25) is 0 Å². The number of H-pyrrole nitrogens is 1. The SMILES string of the molecule is Fc1ccccc1-c1cnc2[nH]ccc2c1. The minimum absolute atomic E-state index is 0.223. The van der Waals surface area contributed by atoms with Crippen molar-refractivity contribution >= 4 is 11.0 Å². The van der Waals surface area contributed by atoms with E-state index in [0.29, 0.717) is 5.56 Å². The second-order valence-electron chi connectivity index (χ2n) is 3.62. The van der Waals surface area contributed by atoms with Gasteiger partial charge in [0.1, 0.15) is 11.5 Å². The molecule has 0 aliphatic rings. The molecule has 0 fully saturated rings. The Balaban J connectivity index is 2.22. The summed E-state index contributed by atoms with van der Waals surface area (Å²) in [5, 5.41) is 0.987. The molecular formula is C13H9FN2. The average molecular weight is 212 g/mol. The first kappa shape index (κ1) is 9.09. The number of nitrogens with zero attached hydrogens (tertiary/aromatic N) is 1. The molecule has 3 rings (SSSR count). The number of rotatable bonds is 1. The van der Waals surface area contributed by atoms with Crippen molar-refractivity contribution in [1.29, 1.82) is 0 Å². The minimum Gasteiger partial charge on any atom is -0.346 e. The Hall–Kier alpha value is -2.16. The summed E-state index contributed by atoms with van der Waals surface area (Å²) in [6.45, 7) is 0. The zero-order valence-corrected chi connectivity index (χ0v) is 8.44. The van der Waals surface area contributed by atoms with Crippen LogP contribution in [0, 0.1) is 5.82 Å². The van der Waals surface area contributed by atoms with Crippen molar-refractivity contribution in [3.63, 3.8) is 0 Å². The number of halogens is 1. The van der Waals surface area contributed by atoms with Crippen molar-refractivity contribution in [3.8, 4) is 11.1 Å². The zero-order valence-electron chi connectivity index (χ0n) is 8.44. The number of pyridine rings is 1. The third-order valence-electron chi connectivity index (χ3n) is 2.58. The van der Waals surface area contributed by atoms with E-state index in [1.165, 1.54) is 6.07 Å². The standard InChI is InChI=1S/C13H9FN2/c14-12-4-2-1-3-11(12)10-7-9-5-6-15-13(9)16-8-10/h1-8H,(H,15,16). The van der Waals surface area contributed by atoms with Gasteiger partial charge in [0.05, 0.1) is 0 Å². The maximum Gasteiger partial charge on any atom is 0.137 e. The third kappa shape index (κ3) is 1.37. The van der Waals surface area contributed by atoms with Crippen LogP contribution in [-0.2, 0) is 0 Å². The Morgan fingerprint density at radius 3 is 2.88 bits per heavy atom. The van der Waals surface area contributed by atoms with Crippen LogP contribution < -0.4 is 0 Å². The summed E-state index contributed by atoms with van der Waals surface area (Å²) >= 11 is 0. The van der Waals surface area contributed by atoms with Gasteiger partial charge in [-0.1, -0.05) is 18.2 Å². The van der Waals surface area contributed by atoms with E-state index in [2.05, 4.69) is 9.97 Å². The van der Waals surface area contributed by atoms with E-state index in [4.69, 9.17) is 0 Å². The van der Waals surface area contributed by atoms with Gasteiger partial charge in [-0.2, -0.15) is 0 Å². The minimum atomic E-state index is -0.223. The summed E-state index contributed by atoms with van der Waals surface area (Å²) in [7, 11) is 0. The van der Waals surface area contributed by atoms with E-state index < -0.39 is 0 Å². The maximum atomic E-state index is 13.6. The van der Waals surface area contributed by atoms with Gasteiger partial charge in [-0.25, -0.2) is 9.37 Å². The third-order valence-corrected chi connectivity index (χ3v) is 2.58. The number of aromatic nitrogens is 2. The molecule has 3 aromatic rings. The van der Waals surface area contributed by atoms with E-state index in [9.17, 15) is 4.39 Å². The summed E-state index contributed by atoms with van der Waals surface area (Å²) in [5.41, 5.74) is 2.20. The smallest absolute Gasteiger partial charge is 0.137 e. The predicted molar refractivity (Wildman–Crippen MR) is 61.5 cm³/mol. The van der Waals surface area contributed by atoms with Gasteiger partial charge >= 0.3 is 0 Å². The molecule has 1 N–H and O–H groups in total. The van der Waals surface area contributed by atoms with Crippen molar-refractivity contribution in [1.82, 2.24) is 9.97 Å². The number of nitrogens with one attached hydrogen (secondary N) is 1. The number of benzene rings is 1. The van der Waals surface area contributed by atoms with Crippen molar-refractivity contribution in [2.45, 2.75) is 0 Å². The fraction of sp³-hybridized carbons (Fsp3) is 0. The zero-order chi connectivity index (χ0) is 11.0. The van der Waals surface area contributed by atoms with Crippen LogP contribution in [0.3, 0.4) is 0 Å². The van der Waals surface area contributed by atoms with Crippen molar-refractivity contribution in [3.05, 3.63) is 54.6 Å². The molecule has 0 aliphatic heterocycles. The molecule has 0 saturated carbocycles. The van der Waals surface area contributed by atoms with Gasteiger partial charge in [0, 0.05) is 28.9 Å². The van der Waals surface area contributed by atoms with Crippen molar-refractivity contribution in [2.75, 3.05) is 0 Å². The first-order chi connectivity index (χ1) is 7.84. The van der Waals surface area contributed by atoms with E-state index >= 15 is 0 Å². The van der Waals surface area contributed by atoms with Gasteiger partial charge in [-0.05, 0) is 18.2 Å². The quantitative estimate of drug-likeness (QED) is 0.658.